The Bertz CT molecular complexity index is 401. The molecule has 0 unspecified atom stereocenters. The van der Waals surface area contributed by atoms with E-state index >= 15 is 0 Å². The maximum Gasteiger partial charge on any atom is 0.0641 e. The van der Waals surface area contributed by atoms with Gasteiger partial charge in [0.1, 0.15) is 0 Å². The summed E-state index contributed by atoms with van der Waals surface area (Å²) in [5.74, 6) is 0. The van der Waals surface area contributed by atoms with Crippen molar-refractivity contribution in [2.75, 3.05) is 31.2 Å². The molecule has 2 rings (SSSR count). The third-order valence-corrected chi connectivity index (χ3v) is 3.92. The van der Waals surface area contributed by atoms with Gasteiger partial charge >= 0.3 is 0 Å². The molecule has 1 heterocycles. The van der Waals surface area contributed by atoms with Gasteiger partial charge in [0.05, 0.1) is 12.3 Å². The first-order chi connectivity index (χ1) is 9.16. The van der Waals surface area contributed by atoms with E-state index < -0.39 is 0 Å². The van der Waals surface area contributed by atoms with Crippen molar-refractivity contribution >= 4 is 21.6 Å². The van der Waals surface area contributed by atoms with Gasteiger partial charge in [-0.2, -0.15) is 0 Å². The summed E-state index contributed by atoms with van der Waals surface area (Å²) in [6, 6.07) is 7.16. The Morgan fingerprint density at radius 2 is 2.16 bits per heavy atom. The number of benzene rings is 1. The third kappa shape index (κ3) is 4.48. The molecule has 1 N–H and O–H groups in total. The van der Waals surface area contributed by atoms with Crippen LogP contribution in [0.1, 0.15) is 25.8 Å². The van der Waals surface area contributed by atoms with Gasteiger partial charge in [0.15, 0.2) is 0 Å². The molecule has 1 aromatic rings. The average Bonchev–Trinajstić information content (AvgIpc) is 2.65. The minimum Gasteiger partial charge on any atom is -0.380 e. The third-order valence-electron chi connectivity index (χ3n) is 3.29. The zero-order valence-corrected chi connectivity index (χ0v) is 13.4. The van der Waals surface area contributed by atoms with E-state index in [1.165, 1.54) is 15.7 Å². The van der Waals surface area contributed by atoms with Crippen LogP contribution in [0.25, 0.3) is 0 Å². The summed E-state index contributed by atoms with van der Waals surface area (Å²) < 4.78 is 6.69. The minimum absolute atomic E-state index is 0.515. The Balaban J connectivity index is 2.05. The summed E-state index contributed by atoms with van der Waals surface area (Å²) in [5.41, 5.74) is 2.59. The van der Waals surface area contributed by atoms with Gasteiger partial charge < -0.3 is 15.0 Å². The van der Waals surface area contributed by atoms with Crippen LogP contribution in [0.15, 0.2) is 22.7 Å². The molecule has 4 heteroatoms. The molecule has 1 saturated heterocycles. The van der Waals surface area contributed by atoms with E-state index in [4.69, 9.17) is 4.74 Å². The van der Waals surface area contributed by atoms with Crippen LogP contribution in [0.4, 0.5) is 5.69 Å². The standard InChI is InChI=1S/C15H23BrN2O/c1-12(2)17-11-13-4-5-15(14(16)10-13)18-6-3-8-19-9-7-18/h4-5,10,12,17H,3,6-9,11H2,1-2H3. The highest BCUT2D eigenvalue weighted by Gasteiger charge is 2.13. The molecule has 0 amide bonds. The zero-order chi connectivity index (χ0) is 13.7. The Kier molecular flexibility index (Phi) is 5.67. The summed E-state index contributed by atoms with van der Waals surface area (Å²) in [4.78, 5) is 2.40. The number of rotatable bonds is 4. The van der Waals surface area contributed by atoms with Gasteiger partial charge in [-0.3, -0.25) is 0 Å². The lowest BCUT2D eigenvalue weighted by atomic mass is 10.2. The van der Waals surface area contributed by atoms with Crippen molar-refractivity contribution in [3.8, 4) is 0 Å². The molecule has 19 heavy (non-hydrogen) atoms. The van der Waals surface area contributed by atoms with Crippen LogP contribution in [-0.2, 0) is 11.3 Å². The summed E-state index contributed by atoms with van der Waals surface area (Å²) in [6.07, 6.45) is 1.10. The Hall–Kier alpha value is -0.580. The van der Waals surface area contributed by atoms with Crippen LogP contribution in [0, 0.1) is 0 Å². The second-order valence-electron chi connectivity index (χ2n) is 5.27. The average molecular weight is 327 g/mol. The molecule has 0 aliphatic carbocycles. The summed E-state index contributed by atoms with van der Waals surface area (Å²) >= 11 is 3.70. The van der Waals surface area contributed by atoms with E-state index in [0.717, 1.165) is 39.3 Å². The first-order valence-electron chi connectivity index (χ1n) is 7.01. The fourth-order valence-corrected chi connectivity index (χ4v) is 2.90. The fraction of sp³-hybridized carbons (Fsp3) is 0.600. The Morgan fingerprint density at radius 3 is 2.89 bits per heavy atom. The van der Waals surface area contributed by atoms with E-state index in [0.29, 0.717) is 6.04 Å². The largest absolute Gasteiger partial charge is 0.380 e. The van der Waals surface area contributed by atoms with E-state index in [9.17, 15) is 0 Å². The summed E-state index contributed by atoms with van der Waals surface area (Å²) in [7, 11) is 0. The van der Waals surface area contributed by atoms with Gasteiger partial charge in [-0.1, -0.05) is 19.9 Å². The highest BCUT2D eigenvalue weighted by atomic mass is 79.9. The van der Waals surface area contributed by atoms with Crippen LogP contribution < -0.4 is 10.2 Å². The van der Waals surface area contributed by atoms with Crippen molar-refractivity contribution in [3.05, 3.63) is 28.2 Å². The number of ether oxygens (including phenoxy) is 1. The molecule has 0 aromatic heterocycles. The number of hydrogen-bond donors (Lipinski definition) is 1. The maximum atomic E-state index is 5.51. The molecular formula is C15H23BrN2O. The maximum absolute atomic E-state index is 5.51. The Morgan fingerprint density at radius 1 is 1.32 bits per heavy atom. The van der Waals surface area contributed by atoms with Crippen LogP contribution in [-0.4, -0.2) is 32.3 Å². The van der Waals surface area contributed by atoms with Gasteiger partial charge in [-0.25, -0.2) is 0 Å². The van der Waals surface area contributed by atoms with E-state index in [2.05, 4.69) is 58.2 Å². The van der Waals surface area contributed by atoms with Gasteiger partial charge in [-0.05, 0) is 40.0 Å². The number of hydrogen-bond acceptors (Lipinski definition) is 3. The van der Waals surface area contributed by atoms with Crippen molar-refractivity contribution in [1.82, 2.24) is 5.32 Å². The SMILES string of the molecule is CC(C)NCc1ccc(N2CCCOCC2)c(Br)c1. The number of nitrogens with zero attached hydrogens (tertiary/aromatic N) is 1. The first-order valence-corrected chi connectivity index (χ1v) is 7.80. The monoisotopic (exact) mass is 326 g/mol. The lowest BCUT2D eigenvalue weighted by molar-refractivity contribution is 0.152. The number of anilines is 1. The molecule has 1 aliphatic heterocycles. The van der Waals surface area contributed by atoms with Gasteiger partial charge in [0.2, 0.25) is 0 Å². The predicted octanol–water partition coefficient (Wildman–Crippen LogP) is 3.17. The molecule has 0 bridgehead atoms. The van der Waals surface area contributed by atoms with E-state index in [-0.39, 0.29) is 0 Å². The highest BCUT2D eigenvalue weighted by Crippen LogP contribution is 2.28. The van der Waals surface area contributed by atoms with Gasteiger partial charge in [-0.15, -0.1) is 0 Å². The molecule has 0 radical (unpaired) electrons. The van der Waals surface area contributed by atoms with Crippen molar-refractivity contribution in [3.63, 3.8) is 0 Å². The van der Waals surface area contributed by atoms with Crippen LogP contribution in [0.5, 0.6) is 0 Å². The second-order valence-corrected chi connectivity index (χ2v) is 6.13. The normalized spacial score (nSPS) is 16.7. The van der Waals surface area contributed by atoms with Crippen LogP contribution in [0.3, 0.4) is 0 Å². The lowest BCUT2D eigenvalue weighted by Crippen LogP contribution is -2.26. The molecule has 106 valence electrons. The van der Waals surface area contributed by atoms with Crippen molar-refractivity contribution < 1.29 is 4.74 Å². The molecule has 0 atom stereocenters. The predicted molar refractivity (Wildman–Crippen MR) is 83.8 cm³/mol. The van der Waals surface area contributed by atoms with Crippen molar-refractivity contribution in [1.29, 1.82) is 0 Å². The fourth-order valence-electron chi connectivity index (χ4n) is 2.23. The first kappa shape index (κ1) is 14.8. The van der Waals surface area contributed by atoms with Crippen LogP contribution >= 0.6 is 15.9 Å². The number of halogens is 1. The highest BCUT2D eigenvalue weighted by molar-refractivity contribution is 9.10. The zero-order valence-electron chi connectivity index (χ0n) is 11.8. The van der Waals surface area contributed by atoms with Crippen molar-refractivity contribution in [2.24, 2.45) is 0 Å². The minimum atomic E-state index is 0.515. The van der Waals surface area contributed by atoms with Gasteiger partial charge in [0.25, 0.3) is 0 Å². The molecular weight excluding hydrogens is 304 g/mol. The molecule has 0 spiro atoms. The lowest BCUT2D eigenvalue weighted by Gasteiger charge is -2.23. The number of nitrogens with one attached hydrogen (secondary N) is 1. The van der Waals surface area contributed by atoms with Gasteiger partial charge in [0, 0.05) is 36.8 Å². The van der Waals surface area contributed by atoms with Crippen LogP contribution in [0.2, 0.25) is 0 Å². The quantitative estimate of drug-likeness (QED) is 0.919. The molecule has 1 fully saturated rings. The smallest absolute Gasteiger partial charge is 0.0641 e. The second kappa shape index (κ2) is 7.27. The molecule has 3 nitrogen and oxygen atoms in total. The topological polar surface area (TPSA) is 24.5 Å². The van der Waals surface area contributed by atoms with E-state index in [1.54, 1.807) is 0 Å². The Labute approximate surface area is 124 Å². The summed E-state index contributed by atoms with van der Waals surface area (Å²) in [5, 5.41) is 3.44. The summed E-state index contributed by atoms with van der Waals surface area (Å²) in [6.45, 7) is 9.00. The van der Waals surface area contributed by atoms with Crippen molar-refractivity contribution in [2.45, 2.75) is 32.9 Å². The van der Waals surface area contributed by atoms with E-state index in [1.807, 2.05) is 0 Å². The molecule has 0 saturated carbocycles. The molecule has 1 aromatic carbocycles. The molecule has 1 aliphatic rings.